The fourth-order valence-corrected chi connectivity index (χ4v) is 1.54. The summed E-state index contributed by atoms with van der Waals surface area (Å²) in [6.07, 6.45) is -4.38. The Morgan fingerprint density at radius 1 is 1.32 bits per heavy atom. The number of carbonyl (C=O) groups excluding carboxylic acids is 1. The van der Waals surface area contributed by atoms with Crippen LogP contribution in [0.15, 0.2) is 24.3 Å². The van der Waals surface area contributed by atoms with E-state index in [-0.39, 0.29) is 6.61 Å². The smallest absolute Gasteiger partial charge is 0.401 e. The second-order valence-electron chi connectivity index (χ2n) is 4.09. The van der Waals surface area contributed by atoms with Gasteiger partial charge in [-0.25, -0.2) is 4.79 Å². The molecule has 3 nitrogen and oxygen atoms in total. The lowest BCUT2D eigenvalue weighted by Crippen LogP contribution is -2.36. The summed E-state index contributed by atoms with van der Waals surface area (Å²) in [5.74, 6) is -0.712. The first-order valence-electron chi connectivity index (χ1n) is 5.87. The van der Waals surface area contributed by atoms with E-state index in [0.29, 0.717) is 5.56 Å². The van der Waals surface area contributed by atoms with Crippen LogP contribution >= 0.6 is 0 Å². The van der Waals surface area contributed by atoms with Crippen LogP contribution in [0.5, 0.6) is 0 Å². The fraction of sp³-hybridized carbons (Fsp3) is 0.462. The molecule has 0 amide bonds. The maximum Gasteiger partial charge on any atom is 0.401 e. The van der Waals surface area contributed by atoms with Crippen LogP contribution in [0.2, 0.25) is 0 Å². The highest BCUT2D eigenvalue weighted by atomic mass is 19.4. The van der Waals surface area contributed by atoms with Gasteiger partial charge in [-0.3, -0.25) is 5.32 Å². The van der Waals surface area contributed by atoms with Crippen LogP contribution < -0.4 is 5.32 Å². The molecule has 0 saturated heterocycles. The van der Waals surface area contributed by atoms with Crippen LogP contribution in [0.1, 0.15) is 24.1 Å². The molecule has 1 aromatic rings. The molecule has 0 heterocycles. The van der Waals surface area contributed by atoms with Crippen molar-refractivity contribution in [3.63, 3.8) is 0 Å². The lowest BCUT2D eigenvalue weighted by molar-refractivity contribution is -0.149. The molecule has 0 fully saturated rings. The van der Waals surface area contributed by atoms with Gasteiger partial charge in [-0.1, -0.05) is 29.8 Å². The van der Waals surface area contributed by atoms with Crippen molar-refractivity contribution in [1.82, 2.24) is 5.32 Å². The first kappa shape index (κ1) is 15.5. The quantitative estimate of drug-likeness (QED) is 0.840. The number of benzene rings is 1. The zero-order valence-corrected chi connectivity index (χ0v) is 10.8. The molecule has 1 atom stereocenters. The minimum absolute atomic E-state index is 0.120. The van der Waals surface area contributed by atoms with Crippen molar-refractivity contribution in [2.75, 3.05) is 13.2 Å². The van der Waals surface area contributed by atoms with Gasteiger partial charge in [0.2, 0.25) is 0 Å². The Hall–Kier alpha value is -1.56. The van der Waals surface area contributed by atoms with E-state index < -0.39 is 24.7 Å². The number of hydrogen-bond acceptors (Lipinski definition) is 3. The maximum atomic E-state index is 12.2. The van der Waals surface area contributed by atoms with E-state index in [9.17, 15) is 18.0 Å². The number of alkyl halides is 3. The third kappa shape index (κ3) is 5.30. The van der Waals surface area contributed by atoms with Crippen molar-refractivity contribution < 1.29 is 22.7 Å². The Labute approximate surface area is 109 Å². The van der Waals surface area contributed by atoms with Gasteiger partial charge < -0.3 is 4.74 Å². The molecule has 0 aliphatic rings. The van der Waals surface area contributed by atoms with E-state index in [2.05, 4.69) is 5.32 Å². The van der Waals surface area contributed by atoms with Gasteiger partial charge in [0.15, 0.2) is 0 Å². The first-order valence-corrected chi connectivity index (χ1v) is 5.87. The van der Waals surface area contributed by atoms with Crippen molar-refractivity contribution in [2.24, 2.45) is 0 Å². The predicted octanol–water partition coefficient (Wildman–Crippen LogP) is 2.75. The number of ether oxygens (including phenoxy) is 1. The molecule has 6 heteroatoms. The molecule has 0 bridgehead atoms. The molecule has 1 N–H and O–H groups in total. The number of aryl methyl sites for hydroxylation is 1. The summed E-state index contributed by atoms with van der Waals surface area (Å²) >= 11 is 0. The summed E-state index contributed by atoms with van der Waals surface area (Å²) in [6, 6.07) is 5.58. The number of rotatable bonds is 5. The Morgan fingerprint density at radius 3 is 2.37 bits per heavy atom. The second kappa shape index (κ2) is 6.56. The van der Waals surface area contributed by atoms with Crippen molar-refractivity contribution in [3.8, 4) is 0 Å². The minimum Gasteiger partial charge on any atom is -0.465 e. The van der Waals surface area contributed by atoms with Gasteiger partial charge in [0.1, 0.15) is 6.04 Å². The minimum atomic E-state index is -4.38. The predicted molar refractivity (Wildman–Crippen MR) is 64.6 cm³/mol. The molecule has 1 aromatic carbocycles. The number of carbonyl (C=O) groups is 1. The molecule has 0 aromatic heterocycles. The van der Waals surface area contributed by atoms with Crippen LogP contribution in [0.4, 0.5) is 13.2 Å². The highest BCUT2D eigenvalue weighted by Crippen LogP contribution is 2.19. The van der Waals surface area contributed by atoms with E-state index >= 15 is 0 Å². The van der Waals surface area contributed by atoms with Gasteiger partial charge in [0.25, 0.3) is 0 Å². The van der Waals surface area contributed by atoms with Crippen LogP contribution in [-0.2, 0) is 9.53 Å². The Kier molecular flexibility index (Phi) is 5.35. The van der Waals surface area contributed by atoms with Crippen LogP contribution in [0.3, 0.4) is 0 Å². The Balaban J connectivity index is 2.85. The monoisotopic (exact) mass is 275 g/mol. The molecule has 0 radical (unpaired) electrons. The fourth-order valence-electron chi connectivity index (χ4n) is 1.54. The summed E-state index contributed by atoms with van der Waals surface area (Å²) in [4.78, 5) is 11.7. The lowest BCUT2D eigenvalue weighted by atomic mass is 10.1. The topological polar surface area (TPSA) is 38.3 Å². The van der Waals surface area contributed by atoms with Gasteiger partial charge >= 0.3 is 12.1 Å². The van der Waals surface area contributed by atoms with Gasteiger partial charge in [-0.05, 0) is 19.4 Å². The number of nitrogens with one attached hydrogen (secondary N) is 1. The molecule has 106 valence electrons. The average molecular weight is 275 g/mol. The van der Waals surface area contributed by atoms with Crippen LogP contribution in [0.25, 0.3) is 0 Å². The summed E-state index contributed by atoms with van der Waals surface area (Å²) in [5.41, 5.74) is 1.41. The summed E-state index contributed by atoms with van der Waals surface area (Å²) in [5, 5.41) is 2.18. The van der Waals surface area contributed by atoms with E-state index in [1.54, 1.807) is 31.2 Å². The molecule has 0 saturated carbocycles. The SMILES string of the molecule is CCOC(=O)C(NCC(F)(F)F)c1ccc(C)cc1. The standard InChI is InChI=1S/C13H16F3NO2/c1-3-19-12(18)11(17-8-13(14,15)16)10-6-4-9(2)5-7-10/h4-7,11,17H,3,8H2,1-2H3. The van der Waals surface area contributed by atoms with Crippen molar-refractivity contribution in [2.45, 2.75) is 26.1 Å². The molecule has 0 aliphatic carbocycles. The zero-order valence-electron chi connectivity index (χ0n) is 10.8. The van der Waals surface area contributed by atoms with Crippen LogP contribution in [0, 0.1) is 6.92 Å². The Morgan fingerprint density at radius 2 is 1.89 bits per heavy atom. The van der Waals surface area contributed by atoms with E-state index in [0.717, 1.165) is 5.56 Å². The van der Waals surface area contributed by atoms with E-state index in [1.165, 1.54) is 0 Å². The van der Waals surface area contributed by atoms with Gasteiger partial charge in [0.05, 0.1) is 13.2 Å². The molecule has 1 rings (SSSR count). The third-order valence-electron chi connectivity index (χ3n) is 2.44. The summed E-state index contributed by atoms with van der Waals surface area (Å²) < 4.78 is 41.5. The van der Waals surface area contributed by atoms with Crippen molar-refractivity contribution >= 4 is 5.97 Å². The second-order valence-corrected chi connectivity index (χ2v) is 4.09. The van der Waals surface area contributed by atoms with Crippen molar-refractivity contribution in [3.05, 3.63) is 35.4 Å². The summed E-state index contributed by atoms with van der Waals surface area (Å²) in [7, 11) is 0. The van der Waals surface area contributed by atoms with Crippen molar-refractivity contribution in [1.29, 1.82) is 0 Å². The highest BCUT2D eigenvalue weighted by molar-refractivity contribution is 5.77. The molecular weight excluding hydrogens is 259 g/mol. The van der Waals surface area contributed by atoms with Gasteiger partial charge in [-0.2, -0.15) is 13.2 Å². The van der Waals surface area contributed by atoms with Gasteiger partial charge in [0, 0.05) is 0 Å². The summed E-state index contributed by atoms with van der Waals surface area (Å²) in [6.45, 7) is 2.33. The molecule has 19 heavy (non-hydrogen) atoms. The normalized spacial score (nSPS) is 13.1. The molecular formula is C13H16F3NO2. The van der Waals surface area contributed by atoms with Gasteiger partial charge in [-0.15, -0.1) is 0 Å². The first-order chi connectivity index (χ1) is 8.83. The lowest BCUT2D eigenvalue weighted by Gasteiger charge is -2.18. The number of hydrogen-bond donors (Lipinski definition) is 1. The molecule has 1 unspecified atom stereocenters. The Bertz CT molecular complexity index is 415. The van der Waals surface area contributed by atoms with E-state index in [1.807, 2.05) is 6.92 Å². The maximum absolute atomic E-state index is 12.2. The zero-order chi connectivity index (χ0) is 14.5. The highest BCUT2D eigenvalue weighted by Gasteiger charge is 2.31. The third-order valence-corrected chi connectivity index (χ3v) is 2.44. The average Bonchev–Trinajstić information content (AvgIpc) is 2.30. The number of halogens is 3. The van der Waals surface area contributed by atoms with E-state index in [4.69, 9.17) is 4.74 Å². The number of esters is 1. The molecule has 0 spiro atoms. The largest absolute Gasteiger partial charge is 0.465 e. The molecule has 0 aliphatic heterocycles. The van der Waals surface area contributed by atoms with Crippen LogP contribution in [-0.4, -0.2) is 25.3 Å².